The van der Waals surface area contributed by atoms with E-state index in [1.165, 1.54) is 66.6 Å². The summed E-state index contributed by atoms with van der Waals surface area (Å²) in [5, 5.41) is 2.57. The molecule has 0 aromatic heterocycles. The summed E-state index contributed by atoms with van der Waals surface area (Å²) in [6.45, 7) is 15.4. The molecule has 42 heavy (non-hydrogen) atoms. The second-order valence-corrected chi connectivity index (χ2v) is 31.9. The molecule has 2 aromatic carbocycles. The quantitative estimate of drug-likeness (QED) is 0.115. The van der Waals surface area contributed by atoms with E-state index in [-0.39, 0.29) is 17.2 Å². The van der Waals surface area contributed by atoms with Gasteiger partial charge < -0.3 is 0 Å². The van der Waals surface area contributed by atoms with Gasteiger partial charge in [-0.15, -0.1) is 0 Å². The van der Waals surface area contributed by atoms with Crippen LogP contribution in [0.1, 0.15) is 92.9 Å². The first-order valence-electron chi connectivity index (χ1n) is 17.0. The summed E-state index contributed by atoms with van der Waals surface area (Å²) in [6, 6.07) is 21.8. The molecule has 0 unspecified atom stereocenters. The Morgan fingerprint density at radius 2 is 1.36 bits per heavy atom. The van der Waals surface area contributed by atoms with Crippen LogP contribution in [0.15, 0.2) is 73.0 Å². The molecule has 1 aliphatic rings. The second-order valence-electron chi connectivity index (χ2n) is 13.6. The maximum absolute atomic E-state index is 7.25. The van der Waals surface area contributed by atoms with Gasteiger partial charge in [0.15, 0.2) is 0 Å². The molecular weight excluding hydrogens is 639 g/mol. The topological polar surface area (TPSA) is 27.7 Å². The van der Waals surface area contributed by atoms with E-state index in [1.54, 1.807) is 0 Å². The summed E-state index contributed by atoms with van der Waals surface area (Å²) in [5.74, 6) is 0. The van der Waals surface area contributed by atoms with Crippen LogP contribution in [0.25, 0.3) is 0 Å². The van der Waals surface area contributed by atoms with Gasteiger partial charge in [0.25, 0.3) is 0 Å². The van der Waals surface area contributed by atoms with Crippen molar-refractivity contribution < 1.29 is 13.9 Å². The van der Waals surface area contributed by atoms with Crippen LogP contribution in [-0.4, -0.2) is 52.1 Å². The standard InChI is InChI=1S/C25H33O3Si.3C4H9.Sn/c1-5-18-26-23-17-12-19-27-24(23)20-28-29(25(2,3)4,21-13-8-6-9-14-21)22-15-10-7-11-16-22;3*1-3-4-2;/h5-11,13-16,18,23-24H,1,12,17,19-20H2,2-4H3;3*1,3-4H2,2H3;/b18-5-;;;;/t23-,24+;;;;/m0..../s1. The average Bonchev–Trinajstić information content (AvgIpc) is 3.01. The molecule has 0 N–H and O–H groups in total. The fourth-order valence-electron chi connectivity index (χ4n) is 6.88. The van der Waals surface area contributed by atoms with Gasteiger partial charge in [0.05, 0.1) is 0 Å². The number of hydrogen-bond acceptors (Lipinski definition) is 3. The van der Waals surface area contributed by atoms with Gasteiger partial charge in [0.2, 0.25) is 0 Å². The first-order valence-corrected chi connectivity index (χ1v) is 27.0. The van der Waals surface area contributed by atoms with Gasteiger partial charge in [-0.1, -0.05) is 12.1 Å². The summed E-state index contributed by atoms with van der Waals surface area (Å²) < 4.78 is 26.1. The second kappa shape index (κ2) is 18.0. The van der Waals surface area contributed by atoms with Gasteiger partial charge in [0, 0.05) is 0 Å². The Hall–Kier alpha value is -1.08. The Labute approximate surface area is 263 Å². The SMILES string of the molecule is CCC[CH2][Sn]([CH2]/C=C\O[C@H]1CCCO[C@@H]1CO[Si](c1ccccc1)(c1ccccc1)C(C)(C)C)([CH2]CCC)[CH2]CCC. The maximum atomic E-state index is 7.25. The van der Waals surface area contributed by atoms with E-state index in [0.29, 0.717) is 6.61 Å². The molecule has 0 spiro atoms. The molecule has 3 nitrogen and oxygen atoms in total. The van der Waals surface area contributed by atoms with E-state index in [4.69, 9.17) is 13.9 Å². The van der Waals surface area contributed by atoms with Crippen LogP contribution in [0.2, 0.25) is 22.8 Å². The van der Waals surface area contributed by atoms with Crippen molar-refractivity contribution in [1.82, 2.24) is 0 Å². The number of ether oxygens (including phenoxy) is 2. The molecular formula is C37H60O3SiSn. The zero-order valence-electron chi connectivity index (χ0n) is 27.7. The van der Waals surface area contributed by atoms with Crippen molar-refractivity contribution >= 4 is 37.1 Å². The van der Waals surface area contributed by atoms with E-state index in [9.17, 15) is 0 Å². The molecule has 2 aromatic rings. The van der Waals surface area contributed by atoms with Crippen molar-refractivity contribution in [3.05, 3.63) is 73.0 Å². The van der Waals surface area contributed by atoms with Gasteiger partial charge in [-0.25, -0.2) is 0 Å². The summed E-state index contributed by atoms with van der Waals surface area (Å²) in [4.78, 5) is 0. The van der Waals surface area contributed by atoms with Gasteiger partial charge >= 0.3 is 253 Å². The summed E-state index contributed by atoms with van der Waals surface area (Å²) in [6.07, 6.45) is 14.7. The van der Waals surface area contributed by atoms with E-state index in [1.807, 2.05) is 0 Å². The summed E-state index contributed by atoms with van der Waals surface area (Å²) >= 11 is -2.20. The predicted octanol–water partition coefficient (Wildman–Crippen LogP) is 9.49. The molecule has 2 atom stereocenters. The fraction of sp³-hybridized carbons (Fsp3) is 0.622. The van der Waals surface area contributed by atoms with Crippen molar-refractivity contribution in [2.75, 3.05) is 13.2 Å². The molecule has 0 saturated carbocycles. The zero-order chi connectivity index (χ0) is 30.3. The Morgan fingerprint density at radius 3 is 1.83 bits per heavy atom. The van der Waals surface area contributed by atoms with Gasteiger partial charge in [-0.3, -0.25) is 0 Å². The van der Waals surface area contributed by atoms with Gasteiger partial charge in [-0.2, -0.15) is 0 Å². The average molecular weight is 700 g/mol. The summed E-state index contributed by atoms with van der Waals surface area (Å²) in [7, 11) is -2.61. The Balaban J connectivity index is 1.77. The van der Waals surface area contributed by atoms with E-state index >= 15 is 0 Å². The van der Waals surface area contributed by atoms with Crippen LogP contribution in [0.4, 0.5) is 0 Å². The summed E-state index contributed by atoms with van der Waals surface area (Å²) in [5.41, 5.74) is 0. The molecule has 1 heterocycles. The van der Waals surface area contributed by atoms with E-state index in [2.05, 4.69) is 115 Å². The molecule has 1 aliphatic heterocycles. The van der Waals surface area contributed by atoms with Crippen molar-refractivity contribution in [2.45, 2.75) is 128 Å². The Morgan fingerprint density at radius 1 is 0.833 bits per heavy atom. The normalized spacial score (nSPS) is 18.4. The van der Waals surface area contributed by atoms with Gasteiger partial charge in [-0.05, 0) is 0 Å². The molecule has 1 fully saturated rings. The van der Waals surface area contributed by atoms with E-state index in [0.717, 1.165) is 19.4 Å². The fourth-order valence-corrected chi connectivity index (χ4v) is 26.5. The Bertz CT molecular complexity index is 959. The third-order valence-corrected chi connectivity index (χ3v) is 29.6. The van der Waals surface area contributed by atoms with Crippen LogP contribution in [0, 0.1) is 0 Å². The van der Waals surface area contributed by atoms with Crippen LogP contribution < -0.4 is 10.4 Å². The molecule has 3 rings (SSSR count). The third-order valence-electron chi connectivity index (χ3n) is 9.34. The van der Waals surface area contributed by atoms with Crippen molar-refractivity contribution in [3.63, 3.8) is 0 Å². The predicted molar refractivity (Wildman–Crippen MR) is 186 cm³/mol. The number of benzene rings is 2. The molecule has 0 aliphatic carbocycles. The zero-order valence-corrected chi connectivity index (χ0v) is 31.6. The van der Waals surface area contributed by atoms with Crippen LogP contribution in [-0.2, 0) is 13.9 Å². The minimum atomic E-state index is -2.61. The molecule has 5 heteroatoms. The van der Waals surface area contributed by atoms with E-state index < -0.39 is 26.7 Å². The molecule has 234 valence electrons. The van der Waals surface area contributed by atoms with Gasteiger partial charge in [0.1, 0.15) is 0 Å². The number of unbranched alkanes of at least 4 members (excludes halogenated alkanes) is 3. The Kier molecular flexibility index (Phi) is 15.2. The van der Waals surface area contributed by atoms with Crippen LogP contribution >= 0.6 is 0 Å². The first kappa shape index (κ1) is 35.4. The molecule has 0 amide bonds. The number of rotatable bonds is 18. The first-order chi connectivity index (χ1) is 20.3. The molecule has 0 radical (unpaired) electrons. The number of hydrogen-bond donors (Lipinski definition) is 0. The molecule has 0 bridgehead atoms. The minimum absolute atomic E-state index is 0.0414. The van der Waals surface area contributed by atoms with Crippen LogP contribution in [0.5, 0.6) is 0 Å². The van der Waals surface area contributed by atoms with Crippen molar-refractivity contribution in [3.8, 4) is 0 Å². The molecule has 1 saturated heterocycles. The van der Waals surface area contributed by atoms with Crippen molar-refractivity contribution in [2.24, 2.45) is 0 Å². The monoisotopic (exact) mass is 700 g/mol. The number of allylic oxidation sites excluding steroid dienone is 1. The third kappa shape index (κ3) is 9.71. The van der Waals surface area contributed by atoms with Crippen LogP contribution in [0.3, 0.4) is 0 Å². The van der Waals surface area contributed by atoms with Crippen molar-refractivity contribution in [1.29, 1.82) is 0 Å².